The summed E-state index contributed by atoms with van der Waals surface area (Å²) in [6.45, 7) is 6.69. The molecule has 0 heterocycles. The summed E-state index contributed by atoms with van der Waals surface area (Å²) in [5.41, 5.74) is 3.53. The second-order valence-corrected chi connectivity index (χ2v) is 9.59. The topological polar surface area (TPSA) is 44.3 Å². The summed E-state index contributed by atoms with van der Waals surface area (Å²) < 4.78 is 0. The summed E-state index contributed by atoms with van der Waals surface area (Å²) in [7, 11) is 0. The number of hydrogen-bond donors (Lipinski definition) is 3. The summed E-state index contributed by atoms with van der Waals surface area (Å²) in [5, 5.41) is 21.1. The zero-order chi connectivity index (χ0) is 24.6. The Morgan fingerprint density at radius 3 is 1.89 bits per heavy atom. The highest BCUT2D eigenvalue weighted by molar-refractivity contribution is 5.88. The molecule has 0 bridgehead atoms. The van der Waals surface area contributed by atoms with Gasteiger partial charge >= 0.3 is 0 Å². The van der Waals surface area contributed by atoms with Crippen LogP contribution in [0.2, 0.25) is 0 Å². The fraction of sp³-hybridized carbons (Fsp3) is 0.312. The Labute approximate surface area is 210 Å². The van der Waals surface area contributed by atoms with Gasteiger partial charge in [-0.25, -0.2) is 0 Å². The van der Waals surface area contributed by atoms with Gasteiger partial charge in [0.25, 0.3) is 0 Å². The average molecular weight is 467 g/mol. The first-order valence-electron chi connectivity index (χ1n) is 12.9. The predicted molar refractivity (Wildman–Crippen MR) is 148 cm³/mol. The number of rotatable bonds is 11. The molecule has 0 aliphatic rings. The molecule has 0 saturated carbocycles. The van der Waals surface area contributed by atoms with Gasteiger partial charge in [-0.15, -0.1) is 0 Å². The van der Waals surface area contributed by atoms with E-state index in [1.165, 1.54) is 11.1 Å². The highest BCUT2D eigenvalue weighted by atomic mass is 16.3. The number of aromatic hydroxyl groups is 1. The molecule has 4 aromatic rings. The molecule has 4 rings (SSSR count). The molecular weight excluding hydrogens is 428 g/mol. The Bertz CT molecular complexity index is 1190. The molecule has 0 fully saturated rings. The minimum Gasteiger partial charge on any atom is -0.508 e. The Hall–Kier alpha value is -3.14. The maximum atomic E-state index is 11.1. The van der Waals surface area contributed by atoms with E-state index in [0.29, 0.717) is 11.8 Å². The molecule has 0 aromatic heterocycles. The maximum absolute atomic E-state index is 11.1. The first-order chi connectivity index (χ1) is 17.1. The zero-order valence-electron chi connectivity index (χ0n) is 21.1. The maximum Gasteiger partial charge on any atom is 0.120 e. The molecule has 0 radical (unpaired) electrons. The number of nitrogens with one attached hydrogen (secondary N) is 2. The van der Waals surface area contributed by atoms with Crippen molar-refractivity contribution in [2.45, 2.75) is 64.2 Å². The average Bonchev–Trinajstić information content (AvgIpc) is 2.89. The van der Waals surface area contributed by atoms with Crippen molar-refractivity contribution in [3.63, 3.8) is 0 Å². The van der Waals surface area contributed by atoms with E-state index in [2.05, 4.69) is 116 Å². The van der Waals surface area contributed by atoms with Crippen molar-refractivity contribution >= 4 is 10.8 Å². The molecule has 0 aliphatic carbocycles. The van der Waals surface area contributed by atoms with Crippen LogP contribution in [-0.4, -0.2) is 11.1 Å². The third-order valence-electron chi connectivity index (χ3n) is 6.99. The highest BCUT2D eigenvalue weighted by Gasteiger charge is 2.25. The normalized spacial score (nSPS) is 14.9. The van der Waals surface area contributed by atoms with Crippen LogP contribution in [0.15, 0.2) is 97.1 Å². The molecule has 3 heteroatoms. The van der Waals surface area contributed by atoms with E-state index >= 15 is 0 Å². The lowest BCUT2D eigenvalue weighted by atomic mass is 9.90. The van der Waals surface area contributed by atoms with Crippen LogP contribution in [0, 0.1) is 0 Å². The lowest BCUT2D eigenvalue weighted by Gasteiger charge is -2.31. The van der Waals surface area contributed by atoms with Crippen LogP contribution >= 0.6 is 0 Å². The number of hydrogen-bond acceptors (Lipinski definition) is 3. The summed E-state index contributed by atoms with van der Waals surface area (Å²) in [6.07, 6.45) is 3.05. The fourth-order valence-electron chi connectivity index (χ4n) is 5.15. The fourth-order valence-corrected chi connectivity index (χ4v) is 5.15. The number of phenolic OH excluding ortho intramolecular Hbond substituents is 1. The summed E-state index contributed by atoms with van der Waals surface area (Å²) in [6, 6.07) is 34.1. The van der Waals surface area contributed by atoms with Gasteiger partial charge in [0.2, 0.25) is 0 Å². The van der Waals surface area contributed by atoms with E-state index in [0.717, 1.165) is 35.6 Å². The highest BCUT2D eigenvalue weighted by Crippen LogP contribution is 2.36. The van der Waals surface area contributed by atoms with Gasteiger partial charge in [0.1, 0.15) is 5.75 Å². The molecular formula is C32H38N2O. The van der Waals surface area contributed by atoms with Gasteiger partial charge in [0, 0.05) is 29.7 Å². The smallest absolute Gasteiger partial charge is 0.120 e. The molecule has 0 unspecified atom stereocenters. The molecule has 0 amide bonds. The van der Waals surface area contributed by atoms with Gasteiger partial charge in [-0.3, -0.25) is 0 Å². The van der Waals surface area contributed by atoms with Gasteiger partial charge in [-0.2, -0.15) is 0 Å². The summed E-state index contributed by atoms with van der Waals surface area (Å²) in [4.78, 5) is 0. The van der Waals surface area contributed by atoms with E-state index in [-0.39, 0.29) is 18.1 Å². The Kier molecular flexibility index (Phi) is 8.57. The van der Waals surface area contributed by atoms with Gasteiger partial charge in [-0.1, -0.05) is 104 Å². The second kappa shape index (κ2) is 12.0. The van der Waals surface area contributed by atoms with Crippen molar-refractivity contribution in [1.82, 2.24) is 10.6 Å². The van der Waals surface area contributed by atoms with Gasteiger partial charge in [-0.05, 0) is 54.7 Å². The Morgan fingerprint density at radius 2 is 1.26 bits per heavy atom. The zero-order valence-corrected chi connectivity index (χ0v) is 21.1. The van der Waals surface area contributed by atoms with Crippen molar-refractivity contribution in [2.75, 3.05) is 0 Å². The minimum atomic E-state index is -0.0108. The van der Waals surface area contributed by atoms with Crippen LogP contribution in [0.3, 0.4) is 0 Å². The first kappa shape index (κ1) is 25.0. The molecule has 4 aromatic carbocycles. The molecule has 182 valence electrons. The molecule has 3 N–H and O–H groups in total. The standard InChI is InChI=1S/C32H38N2O/c1-4-13-28(33-23(2)25-14-7-5-8-15-25)22-30(34-24(3)26-16-9-6-10-17-26)32-29-19-12-11-18-27(29)20-21-31(32)35/h5-12,14-21,23-24,28,30,33-35H,4,13,22H2,1-3H3/t23-,24-,28-,30+/m1/s1. The summed E-state index contributed by atoms with van der Waals surface area (Å²) >= 11 is 0. The quantitative estimate of drug-likeness (QED) is 0.211. The minimum absolute atomic E-state index is 0.0108. The van der Waals surface area contributed by atoms with E-state index in [4.69, 9.17) is 0 Å². The van der Waals surface area contributed by atoms with Gasteiger partial charge in [0.15, 0.2) is 0 Å². The monoisotopic (exact) mass is 466 g/mol. The predicted octanol–water partition coefficient (Wildman–Crippen LogP) is 7.85. The Morgan fingerprint density at radius 1 is 0.686 bits per heavy atom. The van der Waals surface area contributed by atoms with Crippen LogP contribution in [0.25, 0.3) is 10.8 Å². The molecule has 3 nitrogen and oxygen atoms in total. The van der Waals surface area contributed by atoms with Crippen molar-refractivity contribution in [2.24, 2.45) is 0 Å². The SMILES string of the molecule is CCC[C@H](C[C@H](N[C@H](C)c1ccccc1)c1c(O)ccc2ccccc12)N[C@H](C)c1ccccc1. The first-order valence-corrected chi connectivity index (χ1v) is 12.9. The molecule has 0 aliphatic heterocycles. The molecule has 0 saturated heterocycles. The Balaban J connectivity index is 1.67. The van der Waals surface area contributed by atoms with Gasteiger partial charge in [0.05, 0.1) is 0 Å². The lowest BCUT2D eigenvalue weighted by Crippen LogP contribution is -2.36. The van der Waals surface area contributed by atoms with Crippen molar-refractivity contribution < 1.29 is 5.11 Å². The molecule has 35 heavy (non-hydrogen) atoms. The van der Waals surface area contributed by atoms with Crippen molar-refractivity contribution in [3.8, 4) is 5.75 Å². The van der Waals surface area contributed by atoms with Crippen LogP contribution in [-0.2, 0) is 0 Å². The third-order valence-corrected chi connectivity index (χ3v) is 6.99. The van der Waals surface area contributed by atoms with Crippen LogP contribution in [0.4, 0.5) is 0 Å². The van der Waals surface area contributed by atoms with Crippen LogP contribution < -0.4 is 10.6 Å². The van der Waals surface area contributed by atoms with E-state index in [1.807, 2.05) is 12.1 Å². The third kappa shape index (κ3) is 6.30. The number of phenols is 1. The summed E-state index contributed by atoms with van der Waals surface area (Å²) in [5.74, 6) is 0.354. The number of benzene rings is 4. The van der Waals surface area contributed by atoms with Gasteiger partial charge < -0.3 is 15.7 Å². The van der Waals surface area contributed by atoms with Crippen molar-refractivity contribution in [1.29, 1.82) is 0 Å². The second-order valence-electron chi connectivity index (χ2n) is 9.59. The van der Waals surface area contributed by atoms with E-state index in [9.17, 15) is 5.11 Å². The van der Waals surface area contributed by atoms with Crippen molar-refractivity contribution in [3.05, 3.63) is 114 Å². The molecule has 4 atom stereocenters. The van der Waals surface area contributed by atoms with E-state index in [1.54, 1.807) is 0 Å². The van der Waals surface area contributed by atoms with Crippen LogP contribution in [0.1, 0.15) is 74.8 Å². The largest absolute Gasteiger partial charge is 0.508 e. The molecule has 0 spiro atoms. The van der Waals surface area contributed by atoms with E-state index < -0.39 is 0 Å². The lowest BCUT2D eigenvalue weighted by molar-refractivity contribution is 0.334. The van der Waals surface area contributed by atoms with Crippen LogP contribution in [0.5, 0.6) is 5.75 Å². The number of fused-ring (bicyclic) bond motifs is 1.